The van der Waals surface area contributed by atoms with Gasteiger partial charge in [0.05, 0.1) is 6.61 Å². The Kier molecular flexibility index (Phi) is 44.5. The van der Waals surface area contributed by atoms with Gasteiger partial charge in [-0.1, -0.05) is 184 Å². The second-order valence-corrected chi connectivity index (χ2v) is 15.3. The Hall–Kier alpha value is -2.66. The van der Waals surface area contributed by atoms with Gasteiger partial charge in [-0.3, -0.25) is 9.59 Å². The first kappa shape index (κ1) is 53.3. The van der Waals surface area contributed by atoms with E-state index in [-0.39, 0.29) is 25.2 Å². The Labute approximate surface area is 347 Å². The largest absolute Gasteiger partial charge is 0.462 e. The number of hydrogen-bond donors (Lipinski definition) is 0. The van der Waals surface area contributed by atoms with E-state index in [9.17, 15) is 9.59 Å². The highest BCUT2D eigenvalue weighted by atomic mass is 16.6. The third kappa shape index (κ3) is 44.1. The lowest BCUT2D eigenvalue weighted by Gasteiger charge is -2.18. The van der Waals surface area contributed by atoms with Gasteiger partial charge < -0.3 is 14.2 Å². The molecule has 0 aliphatic heterocycles. The van der Waals surface area contributed by atoms with E-state index in [1.165, 1.54) is 89.9 Å². The molecule has 0 saturated carbocycles. The van der Waals surface area contributed by atoms with Crippen molar-refractivity contribution < 1.29 is 23.8 Å². The van der Waals surface area contributed by atoms with Gasteiger partial charge in [0.1, 0.15) is 6.61 Å². The average molecular weight is 781 g/mol. The maximum absolute atomic E-state index is 12.7. The van der Waals surface area contributed by atoms with Crippen LogP contribution in [0.5, 0.6) is 0 Å². The predicted octanol–water partition coefficient (Wildman–Crippen LogP) is 15.6. The van der Waals surface area contributed by atoms with Gasteiger partial charge in [0, 0.05) is 19.4 Å². The summed E-state index contributed by atoms with van der Waals surface area (Å²) in [5.74, 6) is -0.461. The number of hydrogen-bond acceptors (Lipinski definition) is 5. The molecule has 0 heterocycles. The molecule has 1 unspecified atom stereocenters. The van der Waals surface area contributed by atoms with E-state index in [0.29, 0.717) is 19.4 Å². The summed E-state index contributed by atoms with van der Waals surface area (Å²) < 4.78 is 17.3. The summed E-state index contributed by atoms with van der Waals surface area (Å²) in [6.45, 7) is 7.62. The smallest absolute Gasteiger partial charge is 0.306 e. The Morgan fingerprint density at radius 1 is 0.411 bits per heavy atom. The minimum absolute atomic E-state index is 0.0572. The second-order valence-electron chi connectivity index (χ2n) is 15.3. The van der Waals surface area contributed by atoms with Crippen LogP contribution in [-0.4, -0.2) is 37.9 Å². The second kappa shape index (κ2) is 46.7. The van der Waals surface area contributed by atoms with Gasteiger partial charge in [-0.15, -0.1) is 0 Å². The molecule has 0 aromatic heterocycles. The molecule has 0 rings (SSSR count). The molecular formula is C51H88O5. The van der Waals surface area contributed by atoms with Crippen molar-refractivity contribution in [1.82, 2.24) is 0 Å². The van der Waals surface area contributed by atoms with E-state index in [2.05, 4.69) is 93.7 Å². The zero-order valence-corrected chi connectivity index (χ0v) is 36.9. The van der Waals surface area contributed by atoms with Gasteiger partial charge in [0.25, 0.3) is 0 Å². The molecular weight excluding hydrogens is 693 g/mol. The van der Waals surface area contributed by atoms with Gasteiger partial charge in [-0.2, -0.15) is 0 Å². The molecule has 0 spiro atoms. The summed E-state index contributed by atoms with van der Waals surface area (Å²) in [4.78, 5) is 25.3. The zero-order chi connectivity index (χ0) is 40.7. The fraction of sp³-hybridized carbons (Fsp3) is 0.725. The lowest BCUT2D eigenvalue weighted by molar-refractivity contribution is -0.163. The van der Waals surface area contributed by atoms with E-state index in [4.69, 9.17) is 14.2 Å². The van der Waals surface area contributed by atoms with Crippen molar-refractivity contribution in [2.75, 3.05) is 19.8 Å². The number of allylic oxidation sites excluding steroid dienone is 12. The summed E-state index contributed by atoms with van der Waals surface area (Å²) in [5, 5.41) is 0. The van der Waals surface area contributed by atoms with Gasteiger partial charge in [0.2, 0.25) is 0 Å². The van der Waals surface area contributed by atoms with Crippen LogP contribution in [0.1, 0.15) is 213 Å². The third-order valence-corrected chi connectivity index (χ3v) is 9.73. The molecule has 0 N–H and O–H groups in total. The van der Waals surface area contributed by atoms with Crippen LogP contribution in [0.15, 0.2) is 72.9 Å². The van der Waals surface area contributed by atoms with Crippen LogP contribution in [0.3, 0.4) is 0 Å². The van der Waals surface area contributed by atoms with E-state index >= 15 is 0 Å². The number of rotatable bonds is 42. The maximum Gasteiger partial charge on any atom is 0.306 e. The molecule has 1 atom stereocenters. The molecule has 0 aromatic carbocycles. The Morgan fingerprint density at radius 3 is 1.36 bits per heavy atom. The first-order valence-corrected chi connectivity index (χ1v) is 23.5. The molecule has 5 heteroatoms. The van der Waals surface area contributed by atoms with Crippen LogP contribution in [0.25, 0.3) is 0 Å². The quantitative estimate of drug-likeness (QED) is 0.0351. The number of carbonyl (C=O) groups excluding carboxylic acids is 2. The average Bonchev–Trinajstić information content (AvgIpc) is 3.20. The molecule has 0 radical (unpaired) electrons. The summed E-state index contributed by atoms with van der Waals surface area (Å²) in [7, 11) is 0. The van der Waals surface area contributed by atoms with Crippen LogP contribution < -0.4 is 0 Å². The first-order valence-electron chi connectivity index (χ1n) is 23.5. The molecule has 0 fully saturated rings. The Bertz CT molecular complexity index is 1020. The molecule has 56 heavy (non-hydrogen) atoms. The van der Waals surface area contributed by atoms with Crippen LogP contribution >= 0.6 is 0 Å². The molecule has 0 bridgehead atoms. The molecule has 322 valence electrons. The van der Waals surface area contributed by atoms with Crippen LogP contribution in [-0.2, 0) is 23.8 Å². The maximum atomic E-state index is 12.7. The van der Waals surface area contributed by atoms with Crippen LogP contribution in [0, 0.1) is 0 Å². The SMILES string of the molecule is CC/C=C\C/C=C\C/C=C\C/C=C\CCCCC(=O)OCC(COCCCCCCCCCCCC)OC(=O)CCCCCCC/C=C\C/C=C\CCCCC. The highest BCUT2D eigenvalue weighted by Crippen LogP contribution is 2.13. The highest BCUT2D eigenvalue weighted by molar-refractivity contribution is 5.70. The van der Waals surface area contributed by atoms with E-state index in [1.807, 2.05) is 0 Å². The fourth-order valence-electron chi connectivity index (χ4n) is 6.24. The van der Waals surface area contributed by atoms with E-state index in [0.717, 1.165) is 89.9 Å². The van der Waals surface area contributed by atoms with Crippen molar-refractivity contribution in [1.29, 1.82) is 0 Å². The molecule has 0 aliphatic rings. The minimum Gasteiger partial charge on any atom is -0.462 e. The fourth-order valence-corrected chi connectivity index (χ4v) is 6.24. The molecule has 5 nitrogen and oxygen atoms in total. The monoisotopic (exact) mass is 781 g/mol. The Balaban J connectivity index is 4.34. The highest BCUT2D eigenvalue weighted by Gasteiger charge is 2.17. The molecule has 0 saturated heterocycles. The van der Waals surface area contributed by atoms with Crippen molar-refractivity contribution in [3.8, 4) is 0 Å². The van der Waals surface area contributed by atoms with E-state index < -0.39 is 6.10 Å². The number of esters is 2. The van der Waals surface area contributed by atoms with Crippen molar-refractivity contribution in [2.24, 2.45) is 0 Å². The number of carbonyl (C=O) groups is 2. The predicted molar refractivity (Wildman–Crippen MR) is 242 cm³/mol. The van der Waals surface area contributed by atoms with Crippen LogP contribution in [0.4, 0.5) is 0 Å². The summed E-state index contributed by atoms with van der Waals surface area (Å²) in [6, 6.07) is 0. The summed E-state index contributed by atoms with van der Waals surface area (Å²) in [5.41, 5.74) is 0. The van der Waals surface area contributed by atoms with Gasteiger partial charge in [0.15, 0.2) is 6.10 Å². The topological polar surface area (TPSA) is 61.8 Å². The van der Waals surface area contributed by atoms with Crippen LogP contribution in [0.2, 0.25) is 0 Å². The van der Waals surface area contributed by atoms with Crippen molar-refractivity contribution >= 4 is 11.9 Å². The number of ether oxygens (including phenoxy) is 3. The van der Waals surface area contributed by atoms with E-state index in [1.54, 1.807) is 0 Å². The normalized spacial score (nSPS) is 12.8. The standard InChI is InChI=1S/C51H88O5/c1-4-7-10-13-16-19-22-24-26-28-30-32-35-38-41-44-50(52)55-48-49(47-54-46-43-40-37-34-21-18-15-12-9-6-3)56-51(53)45-42-39-36-33-31-29-27-25-23-20-17-14-11-8-5-2/h7,10,16-17,19-20,24-27,30,32,49H,4-6,8-9,11-15,18,21-23,28-29,31,33-48H2,1-3H3/b10-7-,19-16-,20-17-,26-24-,27-25-,32-30-. The number of unbranched alkanes of at least 4 members (excludes halogenated alkanes) is 19. The molecule has 0 amide bonds. The first-order chi connectivity index (χ1) is 27.6. The molecule has 0 aromatic rings. The lowest BCUT2D eigenvalue weighted by atomic mass is 10.1. The Morgan fingerprint density at radius 2 is 0.804 bits per heavy atom. The summed E-state index contributed by atoms with van der Waals surface area (Å²) in [6.07, 6.45) is 59.0. The van der Waals surface area contributed by atoms with Gasteiger partial charge in [-0.25, -0.2) is 0 Å². The lowest BCUT2D eigenvalue weighted by Crippen LogP contribution is -2.30. The van der Waals surface area contributed by atoms with Gasteiger partial charge >= 0.3 is 11.9 Å². The molecule has 0 aliphatic carbocycles. The summed E-state index contributed by atoms with van der Waals surface area (Å²) >= 11 is 0. The third-order valence-electron chi connectivity index (χ3n) is 9.73. The van der Waals surface area contributed by atoms with Crippen molar-refractivity contribution in [3.05, 3.63) is 72.9 Å². The van der Waals surface area contributed by atoms with Crippen molar-refractivity contribution in [3.63, 3.8) is 0 Å². The van der Waals surface area contributed by atoms with Gasteiger partial charge in [-0.05, 0) is 89.9 Å². The zero-order valence-electron chi connectivity index (χ0n) is 36.9. The minimum atomic E-state index is -0.558. The van der Waals surface area contributed by atoms with Crippen molar-refractivity contribution in [2.45, 2.75) is 219 Å².